The molecule has 0 spiro atoms. The van der Waals surface area contributed by atoms with Gasteiger partial charge in [0.25, 0.3) is 10.1 Å². The molecule has 12 heavy (non-hydrogen) atoms. The molecule has 0 saturated heterocycles. The SMILES string of the molecule is C=CC(=O)C(=O)CCS(=O)(=O)O. The second kappa shape index (κ2) is 4.13. The maximum Gasteiger partial charge on any atom is 0.265 e. The van der Waals surface area contributed by atoms with Crippen molar-refractivity contribution in [3.05, 3.63) is 12.7 Å². The van der Waals surface area contributed by atoms with Crippen molar-refractivity contribution >= 4 is 21.7 Å². The Balaban J connectivity index is 4.05. The molecule has 0 aromatic rings. The first kappa shape index (κ1) is 11.0. The zero-order valence-electron chi connectivity index (χ0n) is 6.19. The predicted molar refractivity (Wildman–Crippen MR) is 41.2 cm³/mol. The molecule has 6 heteroatoms. The summed E-state index contributed by atoms with van der Waals surface area (Å²) in [6, 6.07) is 0. The molecule has 0 saturated carbocycles. The zero-order valence-corrected chi connectivity index (χ0v) is 7.00. The molecule has 0 bridgehead atoms. The van der Waals surface area contributed by atoms with E-state index in [1.165, 1.54) is 0 Å². The maximum atomic E-state index is 10.6. The molecule has 0 aliphatic heterocycles. The molecule has 1 N–H and O–H groups in total. The number of ketones is 2. The molecule has 0 heterocycles. The Morgan fingerprint density at radius 3 is 2.25 bits per heavy atom. The molecular formula is C6H8O5S. The topological polar surface area (TPSA) is 88.5 Å². The molecule has 0 atom stereocenters. The first-order valence-corrected chi connectivity index (χ1v) is 4.62. The first-order chi connectivity index (χ1) is 5.37. The van der Waals surface area contributed by atoms with E-state index in [1.807, 2.05) is 0 Å². The molecule has 0 aliphatic carbocycles. The van der Waals surface area contributed by atoms with E-state index in [4.69, 9.17) is 4.55 Å². The lowest BCUT2D eigenvalue weighted by molar-refractivity contribution is -0.133. The van der Waals surface area contributed by atoms with Crippen LogP contribution in [0.5, 0.6) is 0 Å². The Bertz CT molecular complexity index is 300. The molecule has 0 radical (unpaired) electrons. The van der Waals surface area contributed by atoms with E-state index in [1.54, 1.807) is 0 Å². The van der Waals surface area contributed by atoms with Gasteiger partial charge in [-0.15, -0.1) is 0 Å². The van der Waals surface area contributed by atoms with Gasteiger partial charge in [-0.25, -0.2) is 0 Å². The molecule has 0 fully saturated rings. The van der Waals surface area contributed by atoms with Crippen molar-refractivity contribution in [2.24, 2.45) is 0 Å². The maximum absolute atomic E-state index is 10.6. The third-order valence-corrected chi connectivity index (χ3v) is 1.77. The quantitative estimate of drug-likeness (QED) is 0.363. The fourth-order valence-corrected chi connectivity index (χ4v) is 0.902. The minimum atomic E-state index is -4.17. The summed E-state index contributed by atoms with van der Waals surface area (Å²) in [5.74, 6) is -2.45. The monoisotopic (exact) mass is 192 g/mol. The van der Waals surface area contributed by atoms with E-state index in [9.17, 15) is 18.0 Å². The highest BCUT2D eigenvalue weighted by Crippen LogP contribution is 1.91. The summed E-state index contributed by atoms with van der Waals surface area (Å²) in [5.41, 5.74) is 0. The van der Waals surface area contributed by atoms with Gasteiger partial charge in [-0.1, -0.05) is 6.58 Å². The van der Waals surface area contributed by atoms with Gasteiger partial charge in [0.15, 0.2) is 0 Å². The van der Waals surface area contributed by atoms with Crippen LogP contribution in [-0.2, 0) is 19.7 Å². The first-order valence-electron chi connectivity index (χ1n) is 3.01. The average Bonchev–Trinajstić information content (AvgIpc) is 1.97. The largest absolute Gasteiger partial charge is 0.290 e. The van der Waals surface area contributed by atoms with Crippen molar-refractivity contribution in [3.63, 3.8) is 0 Å². The number of Topliss-reactive ketones (excluding diaryl/α,β-unsaturated/α-hetero) is 1. The third-order valence-electron chi connectivity index (χ3n) is 1.05. The van der Waals surface area contributed by atoms with Crippen LogP contribution in [0.2, 0.25) is 0 Å². The Labute approximate surface area is 69.8 Å². The van der Waals surface area contributed by atoms with E-state index in [0.29, 0.717) is 0 Å². The van der Waals surface area contributed by atoms with Crippen molar-refractivity contribution in [3.8, 4) is 0 Å². The summed E-state index contributed by atoms with van der Waals surface area (Å²) < 4.78 is 28.4. The van der Waals surface area contributed by atoms with Gasteiger partial charge >= 0.3 is 0 Å². The van der Waals surface area contributed by atoms with Gasteiger partial charge in [0.1, 0.15) is 0 Å². The van der Waals surface area contributed by atoms with Crippen LogP contribution in [-0.4, -0.2) is 30.3 Å². The fraction of sp³-hybridized carbons (Fsp3) is 0.333. The Morgan fingerprint density at radius 2 is 1.92 bits per heavy atom. The standard InChI is InChI=1S/C6H8O5S/c1-2-5(7)6(8)3-4-12(9,10)11/h2H,1,3-4H2,(H,9,10,11). The highest BCUT2D eigenvalue weighted by Gasteiger charge is 2.13. The van der Waals surface area contributed by atoms with Crippen molar-refractivity contribution in [2.75, 3.05) is 5.75 Å². The summed E-state index contributed by atoms with van der Waals surface area (Å²) in [6.07, 6.45) is 0.288. The van der Waals surface area contributed by atoms with E-state index in [-0.39, 0.29) is 0 Å². The molecule has 0 amide bonds. The van der Waals surface area contributed by atoms with Crippen LogP contribution in [0.1, 0.15) is 6.42 Å². The second-order valence-corrected chi connectivity index (χ2v) is 3.60. The van der Waals surface area contributed by atoms with Crippen LogP contribution in [0.15, 0.2) is 12.7 Å². The normalized spacial score (nSPS) is 10.8. The van der Waals surface area contributed by atoms with Crippen LogP contribution in [0.3, 0.4) is 0 Å². The Morgan fingerprint density at radius 1 is 1.42 bits per heavy atom. The van der Waals surface area contributed by atoms with Crippen molar-refractivity contribution in [1.82, 2.24) is 0 Å². The molecule has 0 aromatic carbocycles. The number of allylic oxidation sites excluding steroid dienone is 1. The van der Waals surface area contributed by atoms with E-state index in [0.717, 1.165) is 6.08 Å². The number of carbonyl (C=O) groups excluding carboxylic acids is 2. The molecule has 0 unspecified atom stereocenters. The second-order valence-electron chi connectivity index (χ2n) is 2.03. The summed E-state index contributed by atoms with van der Waals surface area (Å²) in [7, 11) is -4.17. The number of rotatable bonds is 5. The third kappa shape index (κ3) is 4.75. The zero-order chi connectivity index (χ0) is 9.78. The van der Waals surface area contributed by atoms with Crippen LogP contribution in [0, 0.1) is 0 Å². The minimum Gasteiger partial charge on any atom is -0.290 e. The summed E-state index contributed by atoms with van der Waals surface area (Å²) in [4.78, 5) is 21.1. The Hall–Kier alpha value is -1.01. The van der Waals surface area contributed by atoms with E-state index >= 15 is 0 Å². The average molecular weight is 192 g/mol. The lowest BCUT2D eigenvalue weighted by Crippen LogP contribution is -2.15. The van der Waals surface area contributed by atoms with Crippen molar-refractivity contribution in [2.45, 2.75) is 6.42 Å². The van der Waals surface area contributed by atoms with Gasteiger partial charge < -0.3 is 0 Å². The molecular weight excluding hydrogens is 184 g/mol. The lowest BCUT2D eigenvalue weighted by Gasteiger charge is -1.93. The Kier molecular flexibility index (Phi) is 3.78. The highest BCUT2D eigenvalue weighted by molar-refractivity contribution is 7.85. The van der Waals surface area contributed by atoms with Gasteiger partial charge in [-0.3, -0.25) is 14.1 Å². The summed E-state index contributed by atoms with van der Waals surface area (Å²) >= 11 is 0. The van der Waals surface area contributed by atoms with Gasteiger partial charge in [0.2, 0.25) is 11.6 Å². The molecule has 68 valence electrons. The van der Waals surface area contributed by atoms with Crippen LogP contribution in [0.25, 0.3) is 0 Å². The smallest absolute Gasteiger partial charge is 0.265 e. The summed E-state index contributed by atoms with van der Waals surface area (Å²) in [5, 5.41) is 0. The lowest BCUT2D eigenvalue weighted by atomic mass is 10.2. The van der Waals surface area contributed by atoms with E-state index in [2.05, 4.69) is 6.58 Å². The van der Waals surface area contributed by atoms with Gasteiger partial charge in [0.05, 0.1) is 5.75 Å². The predicted octanol–water partition coefficient (Wildman–Crippen LogP) is -0.412. The summed E-state index contributed by atoms with van der Waals surface area (Å²) in [6.45, 7) is 3.04. The van der Waals surface area contributed by atoms with Crippen molar-refractivity contribution < 1.29 is 22.6 Å². The highest BCUT2D eigenvalue weighted by atomic mass is 32.2. The molecule has 5 nitrogen and oxygen atoms in total. The number of carbonyl (C=O) groups is 2. The van der Waals surface area contributed by atoms with E-state index < -0.39 is 33.9 Å². The van der Waals surface area contributed by atoms with Gasteiger partial charge in [-0.2, -0.15) is 8.42 Å². The number of hydrogen-bond acceptors (Lipinski definition) is 4. The van der Waals surface area contributed by atoms with Gasteiger partial charge in [0, 0.05) is 6.42 Å². The minimum absolute atomic E-state index is 0.510. The van der Waals surface area contributed by atoms with Crippen LogP contribution in [0.4, 0.5) is 0 Å². The van der Waals surface area contributed by atoms with Crippen LogP contribution < -0.4 is 0 Å². The van der Waals surface area contributed by atoms with Gasteiger partial charge in [-0.05, 0) is 6.08 Å². The fourth-order valence-electron chi connectivity index (χ4n) is 0.459. The molecule has 0 aliphatic rings. The molecule has 0 rings (SSSR count). The molecule has 0 aromatic heterocycles. The number of hydrogen-bond donors (Lipinski definition) is 1. The van der Waals surface area contributed by atoms with Crippen molar-refractivity contribution in [1.29, 1.82) is 0 Å². The van der Waals surface area contributed by atoms with Crippen LogP contribution >= 0.6 is 0 Å².